The van der Waals surface area contributed by atoms with E-state index in [1.165, 1.54) is 29.8 Å². The van der Waals surface area contributed by atoms with Crippen molar-refractivity contribution in [2.24, 2.45) is 4.99 Å². The van der Waals surface area contributed by atoms with Crippen molar-refractivity contribution >= 4 is 40.0 Å². The van der Waals surface area contributed by atoms with Crippen LogP contribution < -0.4 is 16.2 Å². The van der Waals surface area contributed by atoms with Crippen molar-refractivity contribution < 1.29 is 9.71 Å². The smallest absolute Gasteiger partial charge is 0.266 e. The molecule has 5 rings (SSSR count). The van der Waals surface area contributed by atoms with Gasteiger partial charge in [-0.3, -0.25) is 14.5 Å². The number of aromatic nitrogens is 4. The van der Waals surface area contributed by atoms with E-state index in [0.717, 1.165) is 11.5 Å². The van der Waals surface area contributed by atoms with Crippen LogP contribution in [0.4, 0.5) is 21.7 Å². The first-order valence-electron chi connectivity index (χ1n) is 9.28. The molecule has 0 spiro atoms. The van der Waals surface area contributed by atoms with Crippen LogP contribution in [-0.4, -0.2) is 25.7 Å². The summed E-state index contributed by atoms with van der Waals surface area (Å²) < 4.78 is 15.5. The topological polar surface area (TPSA) is 101 Å². The van der Waals surface area contributed by atoms with E-state index in [9.17, 15) is 9.18 Å². The Morgan fingerprint density at radius 3 is 3.00 bits per heavy atom. The maximum absolute atomic E-state index is 14.0. The largest absolute Gasteiger partial charge is 0.360 e. The molecule has 0 aliphatic carbocycles. The van der Waals surface area contributed by atoms with Crippen LogP contribution in [0.3, 0.4) is 0 Å². The van der Waals surface area contributed by atoms with Crippen molar-refractivity contribution in [1.82, 2.24) is 19.4 Å². The van der Waals surface area contributed by atoms with Crippen LogP contribution in [0.5, 0.6) is 0 Å². The lowest BCUT2D eigenvalue weighted by atomic mass is 10.0. The highest BCUT2D eigenvalue weighted by molar-refractivity contribution is 7.15. The molecule has 8 nitrogen and oxygen atoms in total. The van der Waals surface area contributed by atoms with Gasteiger partial charge in [0.05, 0.1) is 17.3 Å². The second kappa shape index (κ2) is 7.08. The Morgan fingerprint density at radius 1 is 1.30 bits per heavy atom. The third kappa shape index (κ3) is 2.97. The van der Waals surface area contributed by atoms with Gasteiger partial charge in [0.2, 0.25) is 0 Å². The number of benzene rings is 1. The summed E-state index contributed by atoms with van der Waals surface area (Å²) in [5.41, 5.74) is 2.56. The van der Waals surface area contributed by atoms with Crippen LogP contribution in [0.15, 0.2) is 45.8 Å². The Balaban J connectivity index is 1.68. The highest BCUT2D eigenvalue weighted by Gasteiger charge is 2.24. The number of halogens is 1. The summed E-state index contributed by atoms with van der Waals surface area (Å²) >= 11 is 1.39. The fourth-order valence-electron chi connectivity index (χ4n) is 3.53. The molecule has 10 heteroatoms. The van der Waals surface area contributed by atoms with Gasteiger partial charge in [-0.15, -0.1) is 11.3 Å². The predicted octanol–water partition coefficient (Wildman–Crippen LogP) is 2.70. The van der Waals surface area contributed by atoms with Gasteiger partial charge >= 0.3 is 0 Å². The molecule has 0 saturated carbocycles. The number of thiazole rings is 1. The van der Waals surface area contributed by atoms with E-state index in [4.69, 9.17) is 4.98 Å². The Morgan fingerprint density at radius 2 is 2.17 bits per heavy atom. The van der Waals surface area contributed by atoms with Gasteiger partial charge in [0.25, 0.3) is 11.4 Å². The Kier molecular flexibility index (Phi) is 4.37. The van der Waals surface area contributed by atoms with E-state index in [-0.39, 0.29) is 5.56 Å². The average Bonchev–Trinajstić information content (AvgIpc) is 3.35. The van der Waals surface area contributed by atoms with Gasteiger partial charge < -0.3 is 5.32 Å². The average molecular weight is 422 g/mol. The summed E-state index contributed by atoms with van der Waals surface area (Å²) in [6.07, 6.45) is 3.12. The molecule has 1 aromatic carbocycles. The summed E-state index contributed by atoms with van der Waals surface area (Å²) in [6, 6.07) is 5.61. The number of aliphatic imine (C=N–C) groups is 1. The van der Waals surface area contributed by atoms with E-state index in [1.54, 1.807) is 28.2 Å². The number of aryl methyl sites for hydroxylation is 1. The highest BCUT2D eigenvalue weighted by atomic mass is 32.1. The minimum absolute atomic E-state index is 0.229. The quantitative estimate of drug-likeness (QED) is 0.527. The number of rotatable bonds is 4. The monoisotopic (exact) mass is 422 g/mol. The van der Waals surface area contributed by atoms with Gasteiger partial charge in [-0.25, -0.2) is 14.4 Å². The van der Waals surface area contributed by atoms with Crippen molar-refractivity contribution in [3.8, 4) is 11.1 Å². The highest BCUT2D eigenvalue weighted by Crippen LogP contribution is 2.33. The summed E-state index contributed by atoms with van der Waals surface area (Å²) in [4.78, 5) is 31.6. The van der Waals surface area contributed by atoms with Gasteiger partial charge in [-0.2, -0.15) is 9.98 Å². The molecular weight excluding hydrogens is 405 g/mol. The van der Waals surface area contributed by atoms with Gasteiger partial charge in [-0.1, -0.05) is 12.1 Å². The number of anilines is 1. The Labute approximate surface area is 174 Å². The van der Waals surface area contributed by atoms with Crippen LogP contribution in [-0.2, 0) is 0 Å². The molecule has 4 heterocycles. The number of hydrogen-bond acceptors (Lipinski definition) is 7. The first-order valence-corrected chi connectivity index (χ1v) is 10.2. The fourth-order valence-corrected chi connectivity index (χ4v) is 4.39. The maximum atomic E-state index is 14.0. The summed E-state index contributed by atoms with van der Waals surface area (Å²) in [7, 11) is 0. The number of fused-ring (bicyclic) bond motifs is 2. The van der Waals surface area contributed by atoms with Gasteiger partial charge in [0.15, 0.2) is 22.8 Å². The zero-order valence-electron chi connectivity index (χ0n) is 16.1. The van der Waals surface area contributed by atoms with E-state index in [2.05, 4.69) is 20.3 Å². The third-order valence-electron chi connectivity index (χ3n) is 4.93. The van der Waals surface area contributed by atoms with Crippen LogP contribution in [0, 0.1) is 12.7 Å². The SMILES string of the molecule is Cc1csc2nc(C(C)Nc3ncnc4c3N=C[NH2+]4)c(-c3cccc(F)c3)c(=O)n12. The summed E-state index contributed by atoms with van der Waals surface area (Å²) in [5, 5.41) is 6.98. The van der Waals surface area contributed by atoms with E-state index >= 15 is 0 Å². The normalized spacial score (nSPS) is 13.6. The van der Waals surface area contributed by atoms with E-state index in [1.807, 2.05) is 19.2 Å². The maximum Gasteiger partial charge on any atom is 0.266 e. The molecule has 4 aromatic rings. The van der Waals surface area contributed by atoms with Gasteiger partial charge in [0, 0.05) is 11.1 Å². The first-order chi connectivity index (χ1) is 14.5. The Bertz CT molecular complexity index is 1380. The summed E-state index contributed by atoms with van der Waals surface area (Å²) in [6.45, 7) is 3.74. The number of nitrogens with two attached hydrogens (primary N) is 1. The standard InChI is InChI=1S/C20H16FN7OS/c1-10-7-30-20-27-15(11(2)26-18-16-17(23-8-22-16)24-9-25-18)14(19(29)28(10)20)12-4-3-5-13(21)6-12/h3-9,11H,1-2H3,(H2,22,23,24,25,26)/p+1. The number of quaternary nitrogens is 1. The lowest BCUT2D eigenvalue weighted by Crippen LogP contribution is -2.74. The molecule has 1 aliphatic rings. The molecule has 0 amide bonds. The van der Waals surface area contributed by atoms with Crippen LogP contribution in [0.25, 0.3) is 16.1 Å². The molecule has 3 N–H and O–H groups in total. The molecule has 30 heavy (non-hydrogen) atoms. The van der Waals surface area contributed by atoms with Crippen molar-refractivity contribution in [2.45, 2.75) is 19.9 Å². The molecule has 1 atom stereocenters. The molecule has 0 radical (unpaired) electrons. The fraction of sp³-hybridized carbons (Fsp3) is 0.150. The minimum Gasteiger partial charge on any atom is -0.360 e. The molecule has 0 fully saturated rings. The number of nitrogens with zero attached hydrogens (tertiary/aromatic N) is 5. The molecule has 3 aromatic heterocycles. The molecule has 0 bridgehead atoms. The van der Waals surface area contributed by atoms with Crippen LogP contribution in [0.2, 0.25) is 0 Å². The van der Waals surface area contributed by atoms with Crippen LogP contribution in [0.1, 0.15) is 24.4 Å². The van der Waals surface area contributed by atoms with Crippen molar-refractivity contribution in [3.05, 3.63) is 63.5 Å². The van der Waals surface area contributed by atoms with Gasteiger partial charge in [0.1, 0.15) is 12.1 Å². The minimum atomic E-state index is -0.413. The lowest BCUT2D eigenvalue weighted by molar-refractivity contribution is -0.432. The second-order valence-electron chi connectivity index (χ2n) is 6.95. The van der Waals surface area contributed by atoms with Crippen molar-refractivity contribution in [2.75, 3.05) is 5.32 Å². The van der Waals surface area contributed by atoms with E-state index in [0.29, 0.717) is 33.3 Å². The molecular formula is C20H17FN7OS+. The number of hydrogen-bond donors (Lipinski definition) is 2. The predicted molar refractivity (Wildman–Crippen MR) is 113 cm³/mol. The molecule has 1 unspecified atom stereocenters. The second-order valence-corrected chi connectivity index (χ2v) is 7.79. The molecule has 1 aliphatic heterocycles. The van der Waals surface area contributed by atoms with Crippen molar-refractivity contribution in [3.63, 3.8) is 0 Å². The van der Waals surface area contributed by atoms with Crippen LogP contribution >= 0.6 is 11.3 Å². The number of nitrogens with one attached hydrogen (secondary N) is 1. The third-order valence-corrected chi connectivity index (χ3v) is 5.88. The summed E-state index contributed by atoms with van der Waals surface area (Å²) in [5.74, 6) is 0.860. The zero-order chi connectivity index (χ0) is 20.8. The first kappa shape index (κ1) is 18.5. The molecule has 0 saturated heterocycles. The zero-order valence-corrected chi connectivity index (χ0v) is 16.9. The van der Waals surface area contributed by atoms with Gasteiger partial charge in [-0.05, 0) is 31.5 Å². The molecule has 150 valence electrons. The van der Waals surface area contributed by atoms with E-state index < -0.39 is 11.9 Å². The lowest BCUT2D eigenvalue weighted by Gasteiger charge is -2.18. The Hall–Kier alpha value is -3.50. The van der Waals surface area contributed by atoms with Crippen molar-refractivity contribution in [1.29, 1.82) is 0 Å².